The molecule has 43 heavy (non-hydrogen) atoms. The van der Waals surface area contributed by atoms with Crippen LogP contribution >= 0.6 is 11.8 Å². The van der Waals surface area contributed by atoms with Gasteiger partial charge in [-0.05, 0) is 37.4 Å². The minimum Gasteiger partial charge on any atom is -0.480 e. The number of rotatable bonds is 20. The second-order valence-corrected chi connectivity index (χ2v) is 12.2. The average Bonchev–Trinajstić information content (AvgIpc) is 2.90. The summed E-state index contributed by atoms with van der Waals surface area (Å²) >= 11 is 1.45. The van der Waals surface area contributed by atoms with Crippen LogP contribution < -0.4 is 38.1 Å². The Hall–Kier alpha value is -3.60. The van der Waals surface area contributed by atoms with Crippen molar-refractivity contribution in [3.05, 3.63) is 0 Å². The summed E-state index contributed by atoms with van der Waals surface area (Å²) in [6.45, 7) is 9.14. The fraction of sp³-hybridized carbons (Fsp3) is 0.731. The number of amides is 5. The van der Waals surface area contributed by atoms with Gasteiger partial charge in [0.05, 0.1) is 6.61 Å². The molecule has 0 aromatic heterocycles. The molecule has 5 atom stereocenters. The van der Waals surface area contributed by atoms with Crippen LogP contribution in [0.1, 0.15) is 60.8 Å². The van der Waals surface area contributed by atoms with E-state index in [2.05, 4.69) is 31.6 Å². The van der Waals surface area contributed by atoms with Gasteiger partial charge in [-0.3, -0.25) is 33.8 Å². The third-order valence-electron chi connectivity index (χ3n) is 5.91. The molecule has 0 saturated carbocycles. The van der Waals surface area contributed by atoms with Crippen molar-refractivity contribution in [2.24, 2.45) is 22.4 Å². The van der Waals surface area contributed by atoms with Crippen LogP contribution in [0.3, 0.4) is 0 Å². The fourth-order valence-electron chi connectivity index (χ4n) is 3.55. The van der Waals surface area contributed by atoms with Crippen LogP contribution in [0.5, 0.6) is 0 Å². The molecule has 16 nitrogen and oxygen atoms in total. The number of hydrogen-bond donors (Lipinski definition) is 9. The Labute approximate surface area is 256 Å². The van der Waals surface area contributed by atoms with Gasteiger partial charge in [0.1, 0.15) is 30.2 Å². The molecule has 0 aromatic rings. The highest BCUT2D eigenvalue weighted by Crippen LogP contribution is 2.12. The summed E-state index contributed by atoms with van der Waals surface area (Å²) in [5.74, 6) is -5.02. The lowest BCUT2D eigenvalue weighted by molar-refractivity contribution is -0.142. The molecule has 11 N–H and O–H groups in total. The molecule has 0 fully saturated rings. The molecule has 5 amide bonds. The smallest absolute Gasteiger partial charge is 0.325 e. The molecule has 0 aromatic carbocycles. The second-order valence-electron chi connectivity index (χ2n) is 10.5. The number of nitrogens with zero attached hydrogens (tertiary/aromatic N) is 1. The highest BCUT2D eigenvalue weighted by atomic mass is 32.2. The summed E-state index contributed by atoms with van der Waals surface area (Å²) in [6, 6.07) is -5.95. The molecule has 0 spiro atoms. The molecular weight excluding hydrogens is 584 g/mol. The number of aliphatic hydroxyl groups is 1. The van der Waals surface area contributed by atoms with E-state index in [0.29, 0.717) is 19.4 Å². The van der Waals surface area contributed by atoms with Crippen LogP contribution in [0.4, 0.5) is 0 Å². The summed E-state index contributed by atoms with van der Waals surface area (Å²) in [7, 11) is 0. The van der Waals surface area contributed by atoms with E-state index in [4.69, 9.17) is 16.6 Å². The summed E-state index contributed by atoms with van der Waals surface area (Å²) in [6.07, 6.45) is 1.07. The third kappa shape index (κ3) is 16.6. The normalized spacial score (nSPS) is 14.4. The molecule has 0 radical (unpaired) electrons. The van der Waals surface area contributed by atoms with E-state index < -0.39 is 78.2 Å². The number of carbonyl (C=O) groups is 6. The van der Waals surface area contributed by atoms with Gasteiger partial charge in [0.2, 0.25) is 29.5 Å². The molecule has 0 heterocycles. The predicted octanol–water partition coefficient (Wildman–Crippen LogP) is -2.23. The summed E-state index contributed by atoms with van der Waals surface area (Å²) in [5.41, 5.74) is 10.7. The first-order valence-electron chi connectivity index (χ1n) is 14.0. The van der Waals surface area contributed by atoms with E-state index in [1.54, 1.807) is 13.8 Å². The van der Waals surface area contributed by atoms with Crippen molar-refractivity contribution in [2.75, 3.05) is 18.9 Å². The molecule has 246 valence electrons. The lowest BCUT2D eigenvalue weighted by atomic mass is 10.0. The Bertz CT molecular complexity index is 990. The van der Waals surface area contributed by atoms with Gasteiger partial charge in [-0.25, -0.2) is 0 Å². The number of aliphatic carboxylic acids is 1. The number of carboxylic acid groups (broad SMARTS) is 1. The van der Waals surface area contributed by atoms with Crippen LogP contribution in [0, 0.1) is 5.92 Å². The molecule has 0 saturated heterocycles. The Balaban J connectivity index is 5.82. The minimum absolute atomic E-state index is 0.0820. The Morgan fingerprint density at radius 3 is 1.81 bits per heavy atom. The van der Waals surface area contributed by atoms with Crippen LogP contribution in [-0.4, -0.2) is 106 Å². The largest absolute Gasteiger partial charge is 0.480 e. The van der Waals surface area contributed by atoms with Crippen LogP contribution in [0.2, 0.25) is 0 Å². The number of unbranched alkanes of at least 4 members (excludes halogenated alkanes) is 1. The van der Waals surface area contributed by atoms with Gasteiger partial charge in [-0.2, -0.15) is 11.8 Å². The SMILES string of the molecule is CC(=O)N[C@@H](CSC(C)C)C(=O)N[C@@H](CCCCN=C(N)N)C(=O)N[C@H](C(=O)N[C@@H](CO)C(=O)N[C@@H](C)C(=O)O)C(C)C. The fourth-order valence-corrected chi connectivity index (χ4v) is 4.36. The summed E-state index contributed by atoms with van der Waals surface area (Å²) in [4.78, 5) is 78.7. The maximum atomic E-state index is 13.4. The monoisotopic (exact) mass is 632 g/mol. The summed E-state index contributed by atoms with van der Waals surface area (Å²) in [5, 5.41) is 31.2. The van der Waals surface area contributed by atoms with Crippen molar-refractivity contribution in [3.63, 3.8) is 0 Å². The molecule has 0 bridgehead atoms. The summed E-state index contributed by atoms with van der Waals surface area (Å²) < 4.78 is 0. The van der Waals surface area contributed by atoms with E-state index in [-0.39, 0.29) is 23.4 Å². The minimum atomic E-state index is -1.48. The predicted molar refractivity (Wildman–Crippen MR) is 163 cm³/mol. The Kier molecular flexibility index (Phi) is 18.6. The maximum absolute atomic E-state index is 13.4. The van der Waals surface area contributed by atoms with Crippen molar-refractivity contribution < 1.29 is 39.0 Å². The van der Waals surface area contributed by atoms with Gasteiger partial charge in [0.25, 0.3) is 0 Å². The number of hydrogen-bond acceptors (Lipinski definition) is 9. The van der Waals surface area contributed by atoms with Gasteiger partial charge in [-0.15, -0.1) is 0 Å². The molecule has 0 aliphatic heterocycles. The maximum Gasteiger partial charge on any atom is 0.325 e. The number of aliphatic imine (C=N–C) groups is 1. The first-order chi connectivity index (χ1) is 20.0. The zero-order chi connectivity index (χ0) is 33.3. The van der Waals surface area contributed by atoms with E-state index in [0.717, 1.165) is 0 Å². The zero-order valence-corrected chi connectivity index (χ0v) is 26.5. The molecule has 0 aliphatic rings. The number of nitrogens with one attached hydrogen (secondary N) is 5. The van der Waals surface area contributed by atoms with Gasteiger partial charge in [-0.1, -0.05) is 27.7 Å². The highest BCUT2D eigenvalue weighted by Gasteiger charge is 2.33. The van der Waals surface area contributed by atoms with E-state index in [1.807, 2.05) is 13.8 Å². The van der Waals surface area contributed by atoms with Crippen molar-refractivity contribution in [2.45, 2.75) is 96.3 Å². The van der Waals surface area contributed by atoms with E-state index in [1.165, 1.54) is 25.6 Å². The van der Waals surface area contributed by atoms with E-state index in [9.17, 15) is 33.9 Å². The lowest BCUT2D eigenvalue weighted by Crippen LogP contribution is -2.60. The second kappa shape index (κ2) is 20.3. The number of guanidine groups is 1. The van der Waals surface area contributed by atoms with Crippen LogP contribution in [-0.2, 0) is 28.8 Å². The molecule has 0 unspecified atom stereocenters. The van der Waals surface area contributed by atoms with Gasteiger partial charge in [0.15, 0.2) is 5.96 Å². The topological polar surface area (TPSA) is 267 Å². The number of carbonyl (C=O) groups excluding carboxylic acids is 5. The van der Waals surface area contributed by atoms with Gasteiger partial charge >= 0.3 is 5.97 Å². The standard InChI is InChI=1S/C26H48N8O8S/c1-13(2)20(24(40)33-18(11-35)22(38)30-15(5)25(41)42)34-21(37)17(9-7-8-10-29-26(27)28)32-23(39)19(31-16(6)36)12-43-14(3)4/h13-15,17-20,35H,7-12H2,1-6H3,(H,30,38)(H,31,36)(H,32,39)(H,33,40)(H,34,37)(H,41,42)(H4,27,28,29)/t15-,17-,18-,19-,20-/m0/s1. The molecule has 17 heteroatoms. The number of carboxylic acids is 1. The van der Waals surface area contributed by atoms with Crippen molar-refractivity contribution in [1.29, 1.82) is 0 Å². The lowest BCUT2D eigenvalue weighted by Gasteiger charge is -2.28. The first kappa shape index (κ1) is 39.4. The van der Waals surface area contributed by atoms with Crippen molar-refractivity contribution in [3.8, 4) is 0 Å². The molecular formula is C26H48N8O8S. The van der Waals surface area contributed by atoms with Crippen LogP contribution in [0.15, 0.2) is 4.99 Å². The number of nitrogens with two attached hydrogens (primary N) is 2. The number of thioether (sulfide) groups is 1. The van der Waals surface area contributed by atoms with Gasteiger partial charge < -0.3 is 48.3 Å². The molecule has 0 rings (SSSR count). The zero-order valence-electron chi connectivity index (χ0n) is 25.6. The average molecular weight is 633 g/mol. The van der Waals surface area contributed by atoms with Crippen LogP contribution in [0.25, 0.3) is 0 Å². The third-order valence-corrected chi connectivity index (χ3v) is 7.10. The Morgan fingerprint density at radius 2 is 1.33 bits per heavy atom. The molecule has 0 aliphatic carbocycles. The van der Waals surface area contributed by atoms with Gasteiger partial charge in [0, 0.05) is 19.2 Å². The Morgan fingerprint density at radius 1 is 0.767 bits per heavy atom. The quantitative estimate of drug-likeness (QED) is 0.0394. The van der Waals surface area contributed by atoms with E-state index >= 15 is 0 Å². The van der Waals surface area contributed by atoms with Crippen molar-refractivity contribution in [1.82, 2.24) is 26.6 Å². The number of aliphatic hydroxyl groups excluding tert-OH is 1. The highest BCUT2D eigenvalue weighted by molar-refractivity contribution is 7.99. The van der Waals surface area contributed by atoms with Crippen molar-refractivity contribution >= 4 is 53.2 Å². The first-order valence-corrected chi connectivity index (χ1v) is 15.0.